The van der Waals surface area contributed by atoms with Crippen LogP contribution in [0.5, 0.6) is 0 Å². The van der Waals surface area contributed by atoms with E-state index in [2.05, 4.69) is 34.1 Å². The Labute approximate surface area is 136 Å². The van der Waals surface area contributed by atoms with Crippen LogP contribution in [-0.4, -0.2) is 24.7 Å². The van der Waals surface area contributed by atoms with Crippen molar-refractivity contribution in [3.05, 3.63) is 59.9 Å². The smallest absolute Gasteiger partial charge is 0.213 e. The van der Waals surface area contributed by atoms with Gasteiger partial charge < -0.3 is 5.11 Å². The highest BCUT2D eigenvalue weighted by molar-refractivity contribution is 7.19. The van der Waals surface area contributed by atoms with Gasteiger partial charge in [0.05, 0.1) is 18.0 Å². The quantitative estimate of drug-likeness (QED) is 0.628. The summed E-state index contributed by atoms with van der Waals surface area (Å²) >= 11 is 1.51. The molecule has 4 rings (SSSR count). The standard InChI is InChI=1S/C17H14N4OS/c1-11-5-4-6-12(9-11)16-20-21-14(10-22)15(19-17(21)23-16)13-7-2-3-8-18-13/h2-9,22H,10H2,1H3. The number of hydrogen-bond acceptors (Lipinski definition) is 5. The molecule has 0 aliphatic heterocycles. The third kappa shape index (κ3) is 2.42. The molecular formula is C17H14N4OS. The second kappa shape index (κ2) is 5.57. The van der Waals surface area contributed by atoms with Gasteiger partial charge in [-0.1, -0.05) is 41.2 Å². The Balaban J connectivity index is 1.87. The van der Waals surface area contributed by atoms with Gasteiger partial charge in [0.2, 0.25) is 4.96 Å². The first kappa shape index (κ1) is 14.0. The normalized spacial score (nSPS) is 11.2. The summed E-state index contributed by atoms with van der Waals surface area (Å²) in [5.41, 5.74) is 4.33. The lowest BCUT2D eigenvalue weighted by molar-refractivity contribution is 0.275. The summed E-state index contributed by atoms with van der Waals surface area (Å²) in [6, 6.07) is 13.8. The Kier molecular flexibility index (Phi) is 3.40. The minimum atomic E-state index is -0.135. The summed E-state index contributed by atoms with van der Waals surface area (Å²) in [4.78, 5) is 9.69. The lowest BCUT2D eigenvalue weighted by atomic mass is 10.1. The minimum Gasteiger partial charge on any atom is -0.390 e. The van der Waals surface area contributed by atoms with Crippen molar-refractivity contribution >= 4 is 16.3 Å². The molecular weight excluding hydrogens is 308 g/mol. The van der Waals surface area contributed by atoms with E-state index in [1.54, 1.807) is 10.7 Å². The molecule has 6 heteroatoms. The first-order valence-corrected chi connectivity index (χ1v) is 8.05. The van der Waals surface area contributed by atoms with Crippen molar-refractivity contribution in [2.75, 3.05) is 0 Å². The number of fused-ring (bicyclic) bond motifs is 1. The van der Waals surface area contributed by atoms with Crippen LogP contribution in [0.3, 0.4) is 0 Å². The summed E-state index contributed by atoms with van der Waals surface area (Å²) in [6.45, 7) is 1.92. The molecule has 1 N–H and O–H groups in total. The predicted octanol–water partition coefficient (Wildman–Crippen LogP) is 3.32. The highest BCUT2D eigenvalue weighted by Crippen LogP contribution is 2.30. The van der Waals surface area contributed by atoms with E-state index < -0.39 is 0 Å². The number of aryl methyl sites for hydroxylation is 1. The Morgan fingerprint density at radius 1 is 1.17 bits per heavy atom. The van der Waals surface area contributed by atoms with Crippen molar-refractivity contribution in [1.82, 2.24) is 19.6 Å². The Morgan fingerprint density at radius 3 is 2.83 bits per heavy atom. The number of benzene rings is 1. The van der Waals surface area contributed by atoms with Gasteiger partial charge in [-0.3, -0.25) is 4.98 Å². The van der Waals surface area contributed by atoms with Gasteiger partial charge >= 0.3 is 0 Å². The van der Waals surface area contributed by atoms with Gasteiger partial charge in [0.25, 0.3) is 0 Å². The molecule has 0 fully saturated rings. The zero-order valence-electron chi connectivity index (χ0n) is 12.5. The molecule has 0 spiro atoms. The van der Waals surface area contributed by atoms with Gasteiger partial charge in [-0.25, -0.2) is 9.50 Å². The number of rotatable bonds is 3. The average molecular weight is 322 g/mol. The van der Waals surface area contributed by atoms with Gasteiger partial charge in [-0.15, -0.1) is 0 Å². The second-order valence-corrected chi connectivity index (χ2v) is 6.21. The molecule has 0 radical (unpaired) electrons. The number of aromatic nitrogens is 4. The molecule has 0 aliphatic rings. The Morgan fingerprint density at radius 2 is 2.09 bits per heavy atom. The molecule has 23 heavy (non-hydrogen) atoms. The molecule has 0 saturated carbocycles. The summed E-state index contributed by atoms with van der Waals surface area (Å²) in [7, 11) is 0. The molecule has 0 unspecified atom stereocenters. The number of imidazole rings is 1. The number of pyridine rings is 1. The highest BCUT2D eigenvalue weighted by Gasteiger charge is 2.18. The van der Waals surface area contributed by atoms with Crippen LogP contribution in [0, 0.1) is 6.92 Å². The van der Waals surface area contributed by atoms with Gasteiger partial charge in [0, 0.05) is 11.8 Å². The fourth-order valence-electron chi connectivity index (χ4n) is 2.53. The largest absolute Gasteiger partial charge is 0.390 e. The van der Waals surface area contributed by atoms with Crippen LogP contribution in [-0.2, 0) is 6.61 Å². The van der Waals surface area contributed by atoms with E-state index in [0.717, 1.165) is 21.2 Å². The van der Waals surface area contributed by atoms with Crippen molar-refractivity contribution < 1.29 is 5.11 Å². The highest BCUT2D eigenvalue weighted by atomic mass is 32.1. The summed E-state index contributed by atoms with van der Waals surface area (Å²) in [6.07, 6.45) is 1.72. The third-order valence-corrected chi connectivity index (χ3v) is 4.58. The van der Waals surface area contributed by atoms with E-state index >= 15 is 0 Å². The molecule has 3 heterocycles. The van der Waals surface area contributed by atoms with E-state index in [1.165, 1.54) is 16.9 Å². The van der Waals surface area contributed by atoms with Crippen molar-refractivity contribution in [1.29, 1.82) is 0 Å². The number of aliphatic hydroxyl groups excluding tert-OH is 1. The van der Waals surface area contributed by atoms with Crippen LogP contribution in [0.2, 0.25) is 0 Å². The first-order valence-electron chi connectivity index (χ1n) is 7.24. The maximum Gasteiger partial charge on any atom is 0.213 e. The Bertz CT molecular complexity index is 975. The van der Waals surface area contributed by atoms with Gasteiger partial charge in [0.15, 0.2) is 0 Å². The molecule has 114 valence electrons. The number of aliphatic hydroxyl groups is 1. The topological polar surface area (TPSA) is 63.3 Å². The van der Waals surface area contributed by atoms with Crippen LogP contribution in [0.4, 0.5) is 0 Å². The van der Waals surface area contributed by atoms with Crippen LogP contribution in [0.1, 0.15) is 11.3 Å². The SMILES string of the molecule is Cc1cccc(-c2nn3c(CO)c(-c4ccccn4)nc3s2)c1. The third-order valence-electron chi connectivity index (χ3n) is 3.62. The number of nitrogens with zero attached hydrogens (tertiary/aromatic N) is 4. The zero-order valence-corrected chi connectivity index (χ0v) is 13.3. The van der Waals surface area contributed by atoms with Crippen LogP contribution in [0.25, 0.3) is 26.9 Å². The molecule has 0 saturated heterocycles. The lowest BCUT2D eigenvalue weighted by Crippen LogP contribution is -1.96. The monoisotopic (exact) mass is 322 g/mol. The molecule has 1 aromatic carbocycles. The van der Waals surface area contributed by atoms with Crippen LogP contribution < -0.4 is 0 Å². The maximum absolute atomic E-state index is 9.77. The molecule has 0 bridgehead atoms. The fourth-order valence-corrected chi connectivity index (χ4v) is 3.45. The van der Waals surface area contributed by atoms with Gasteiger partial charge in [0.1, 0.15) is 10.7 Å². The minimum absolute atomic E-state index is 0.135. The van der Waals surface area contributed by atoms with Crippen LogP contribution >= 0.6 is 11.3 Å². The second-order valence-electron chi connectivity index (χ2n) is 5.25. The van der Waals surface area contributed by atoms with Gasteiger partial charge in [-0.05, 0) is 25.1 Å². The van der Waals surface area contributed by atoms with Crippen molar-refractivity contribution in [3.8, 4) is 22.0 Å². The van der Waals surface area contributed by atoms with Crippen molar-refractivity contribution in [2.24, 2.45) is 0 Å². The molecule has 5 nitrogen and oxygen atoms in total. The predicted molar refractivity (Wildman–Crippen MR) is 90.2 cm³/mol. The maximum atomic E-state index is 9.77. The van der Waals surface area contributed by atoms with E-state index in [4.69, 9.17) is 0 Å². The Hall–Kier alpha value is -2.57. The average Bonchev–Trinajstić information content (AvgIpc) is 3.13. The molecule has 0 aliphatic carbocycles. The lowest BCUT2D eigenvalue weighted by Gasteiger charge is -2.00. The molecule has 4 aromatic rings. The van der Waals surface area contributed by atoms with Crippen LogP contribution in [0.15, 0.2) is 48.7 Å². The van der Waals surface area contributed by atoms with Crippen molar-refractivity contribution in [3.63, 3.8) is 0 Å². The van der Waals surface area contributed by atoms with E-state index in [1.807, 2.05) is 30.3 Å². The zero-order chi connectivity index (χ0) is 15.8. The summed E-state index contributed by atoms with van der Waals surface area (Å²) in [5.74, 6) is 0. The van der Waals surface area contributed by atoms with E-state index in [0.29, 0.717) is 11.4 Å². The molecule has 3 aromatic heterocycles. The van der Waals surface area contributed by atoms with E-state index in [9.17, 15) is 5.11 Å². The van der Waals surface area contributed by atoms with Gasteiger partial charge in [-0.2, -0.15) is 5.10 Å². The first-order chi connectivity index (χ1) is 11.3. The fraction of sp³-hybridized carbons (Fsp3) is 0.118. The molecule has 0 atom stereocenters. The van der Waals surface area contributed by atoms with Crippen molar-refractivity contribution in [2.45, 2.75) is 13.5 Å². The van der Waals surface area contributed by atoms with E-state index in [-0.39, 0.29) is 6.61 Å². The summed E-state index contributed by atoms with van der Waals surface area (Å²) in [5, 5.41) is 15.3. The molecule has 0 amide bonds. The summed E-state index contributed by atoms with van der Waals surface area (Å²) < 4.78 is 1.71. The number of hydrogen-bond donors (Lipinski definition) is 1.